The van der Waals surface area contributed by atoms with E-state index in [9.17, 15) is 9.18 Å². The summed E-state index contributed by atoms with van der Waals surface area (Å²) in [5, 5.41) is 3.62. The lowest BCUT2D eigenvalue weighted by Gasteiger charge is -2.36. The molecule has 176 valence electrons. The van der Waals surface area contributed by atoms with Crippen molar-refractivity contribution in [2.75, 3.05) is 37.5 Å². The number of hydrogen-bond acceptors (Lipinski definition) is 7. The largest absolute Gasteiger partial charge is 0.481 e. The first kappa shape index (κ1) is 22.0. The van der Waals surface area contributed by atoms with Crippen LogP contribution in [0, 0.1) is 12.7 Å². The summed E-state index contributed by atoms with van der Waals surface area (Å²) in [6, 6.07) is 5.06. The summed E-state index contributed by atoms with van der Waals surface area (Å²) >= 11 is 0. The number of carbonyl (C=O) groups excluding carboxylic acids is 1. The van der Waals surface area contributed by atoms with E-state index in [0.29, 0.717) is 18.9 Å². The normalized spacial score (nSPS) is 19.0. The van der Waals surface area contributed by atoms with Crippen LogP contribution in [0.25, 0.3) is 11.4 Å². The highest BCUT2D eigenvalue weighted by Gasteiger charge is 2.43. The SMILES string of the molecule is COc1cc(N(C)C(=O)N2CC[C@@]3(CCc4cc(-c5ncccn5)c(C)nc4N3)C2)c(F)cn1. The quantitative estimate of drug-likeness (QED) is 0.636. The maximum absolute atomic E-state index is 14.4. The van der Waals surface area contributed by atoms with Crippen molar-refractivity contribution >= 4 is 17.5 Å². The number of urea groups is 1. The van der Waals surface area contributed by atoms with Crippen molar-refractivity contribution in [2.45, 2.75) is 31.7 Å². The predicted octanol–water partition coefficient (Wildman–Crippen LogP) is 3.45. The molecule has 1 saturated heterocycles. The molecule has 1 fully saturated rings. The monoisotopic (exact) mass is 463 g/mol. The van der Waals surface area contributed by atoms with Gasteiger partial charge in [0.1, 0.15) is 5.82 Å². The minimum Gasteiger partial charge on any atom is -0.481 e. The molecule has 2 amide bonds. The molecule has 1 N–H and O–H groups in total. The summed E-state index contributed by atoms with van der Waals surface area (Å²) in [4.78, 5) is 33.6. The molecule has 10 heteroatoms. The second-order valence-corrected chi connectivity index (χ2v) is 8.80. The van der Waals surface area contributed by atoms with E-state index in [1.807, 2.05) is 6.92 Å². The van der Waals surface area contributed by atoms with Crippen molar-refractivity contribution in [1.82, 2.24) is 24.8 Å². The van der Waals surface area contributed by atoms with Crippen LogP contribution in [0.1, 0.15) is 24.1 Å². The fraction of sp³-hybridized carbons (Fsp3) is 0.375. The van der Waals surface area contributed by atoms with E-state index in [1.165, 1.54) is 18.1 Å². The van der Waals surface area contributed by atoms with Gasteiger partial charge in [-0.3, -0.25) is 4.90 Å². The Hall–Kier alpha value is -3.82. The Kier molecular flexibility index (Phi) is 5.51. The van der Waals surface area contributed by atoms with E-state index < -0.39 is 5.82 Å². The Morgan fingerprint density at radius 3 is 2.79 bits per heavy atom. The number of methoxy groups -OCH3 is 1. The van der Waals surface area contributed by atoms with Crippen molar-refractivity contribution in [3.8, 4) is 17.3 Å². The number of nitrogens with zero attached hydrogens (tertiary/aromatic N) is 6. The number of fused-ring (bicyclic) bond motifs is 1. The van der Waals surface area contributed by atoms with Crippen molar-refractivity contribution in [3.63, 3.8) is 0 Å². The van der Waals surface area contributed by atoms with Crippen LogP contribution < -0.4 is 15.0 Å². The summed E-state index contributed by atoms with van der Waals surface area (Å²) in [5.41, 5.74) is 2.76. The molecule has 5 rings (SSSR count). The standard InChI is InChI=1S/C24H26FN7O2/c1-15-17(22-26-8-4-9-27-22)11-16-5-6-24(30-21(16)29-15)7-10-32(14-24)23(33)31(2)19-12-20(34-3)28-13-18(19)25/h4,8-9,11-13H,5-7,10,14H2,1-3H3,(H,29,30)/t24-/m0/s1. The summed E-state index contributed by atoms with van der Waals surface area (Å²) in [5.74, 6) is 1.18. The maximum atomic E-state index is 14.4. The highest BCUT2D eigenvalue weighted by atomic mass is 19.1. The molecule has 5 heterocycles. The number of ether oxygens (including phenoxy) is 1. The minimum absolute atomic E-state index is 0.132. The summed E-state index contributed by atoms with van der Waals surface area (Å²) in [6.07, 6.45) is 7.01. The van der Waals surface area contributed by atoms with Gasteiger partial charge >= 0.3 is 6.03 Å². The van der Waals surface area contributed by atoms with Crippen LogP contribution in [0.3, 0.4) is 0 Å². The predicted molar refractivity (Wildman–Crippen MR) is 125 cm³/mol. The number of carbonyl (C=O) groups is 1. The third kappa shape index (κ3) is 3.89. The van der Waals surface area contributed by atoms with Gasteiger partial charge in [0.15, 0.2) is 11.6 Å². The first-order valence-electron chi connectivity index (χ1n) is 11.2. The fourth-order valence-corrected chi connectivity index (χ4v) is 4.73. The third-order valence-corrected chi connectivity index (χ3v) is 6.65. The van der Waals surface area contributed by atoms with Crippen LogP contribution in [0.15, 0.2) is 36.8 Å². The Balaban J connectivity index is 1.33. The average Bonchev–Trinajstić information content (AvgIpc) is 3.26. The van der Waals surface area contributed by atoms with E-state index in [0.717, 1.165) is 48.1 Å². The lowest BCUT2D eigenvalue weighted by Crippen LogP contribution is -2.47. The Morgan fingerprint density at radius 1 is 1.24 bits per heavy atom. The smallest absolute Gasteiger partial charge is 0.324 e. The second-order valence-electron chi connectivity index (χ2n) is 8.80. The van der Waals surface area contributed by atoms with Gasteiger partial charge in [-0.25, -0.2) is 29.1 Å². The zero-order chi connectivity index (χ0) is 23.9. The lowest BCUT2D eigenvalue weighted by atomic mass is 9.86. The Labute approximate surface area is 197 Å². The van der Waals surface area contributed by atoms with Gasteiger partial charge in [-0.1, -0.05) is 0 Å². The Morgan fingerprint density at radius 2 is 2.03 bits per heavy atom. The van der Waals surface area contributed by atoms with Gasteiger partial charge in [-0.15, -0.1) is 0 Å². The van der Waals surface area contributed by atoms with Gasteiger partial charge in [0, 0.05) is 44.2 Å². The second kappa shape index (κ2) is 8.51. The number of likely N-dealkylation sites (tertiary alicyclic amines) is 1. The van der Waals surface area contributed by atoms with Crippen LogP contribution in [-0.2, 0) is 6.42 Å². The molecule has 1 spiro atoms. The summed E-state index contributed by atoms with van der Waals surface area (Å²) in [7, 11) is 3.01. The highest BCUT2D eigenvalue weighted by Crippen LogP contribution is 2.38. The number of anilines is 2. The molecule has 1 atom stereocenters. The van der Waals surface area contributed by atoms with Gasteiger partial charge in [0.2, 0.25) is 5.88 Å². The number of amides is 2. The number of rotatable bonds is 3. The molecule has 2 aliphatic heterocycles. The summed E-state index contributed by atoms with van der Waals surface area (Å²) < 4.78 is 19.4. The highest BCUT2D eigenvalue weighted by molar-refractivity contribution is 5.92. The molecular formula is C24H26FN7O2. The molecule has 2 aliphatic rings. The van der Waals surface area contributed by atoms with Crippen LogP contribution in [-0.4, -0.2) is 63.7 Å². The van der Waals surface area contributed by atoms with E-state index in [-0.39, 0.29) is 23.1 Å². The molecule has 3 aromatic heterocycles. The van der Waals surface area contributed by atoms with Gasteiger partial charge in [-0.05, 0) is 43.9 Å². The molecule has 0 radical (unpaired) electrons. The van der Waals surface area contributed by atoms with E-state index in [1.54, 1.807) is 30.4 Å². The number of hydrogen-bond donors (Lipinski definition) is 1. The average molecular weight is 464 g/mol. The van der Waals surface area contributed by atoms with Crippen LogP contribution in [0.2, 0.25) is 0 Å². The van der Waals surface area contributed by atoms with E-state index >= 15 is 0 Å². The van der Waals surface area contributed by atoms with Crippen LogP contribution in [0.5, 0.6) is 5.88 Å². The zero-order valence-corrected chi connectivity index (χ0v) is 19.4. The zero-order valence-electron chi connectivity index (χ0n) is 19.4. The molecule has 0 bridgehead atoms. The topological polar surface area (TPSA) is 96.4 Å². The Bertz CT molecular complexity index is 1240. The number of nitrogens with one attached hydrogen (secondary N) is 1. The molecule has 3 aromatic rings. The number of aryl methyl sites for hydroxylation is 2. The van der Waals surface area contributed by atoms with Crippen LogP contribution in [0.4, 0.5) is 20.7 Å². The van der Waals surface area contributed by atoms with Crippen molar-refractivity contribution in [1.29, 1.82) is 0 Å². The number of halogens is 1. The molecule has 0 unspecified atom stereocenters. The van der Waals surface area contributed by atoms with Gasteiger partial charge in [0.25, 0.3) is 0 Å². The lowest BCUT2D eigenvalue weighted by molar-refractivity contribution is 0.213. The molecule has 34 heavy (non-hydrogen) atoms. The van der Waals surface area contributed by atoms with Crippen molar-refractivity contribution in [3.05, 3.63) is 53.9 Å². The molecule has 9 nitrogen and oxygen atoms in total. The molecule has 0 aliphatic carbocycles. The molecule has 0 saturated carbocycles. The summed E-state index contributed by atoms with van der Waals surface area (Å²) in [6.45, 7) is 3.04. The van der Waals surface area contributed by atoms with Gasteiger partial charge < -0.3 is 15.0 Å². The molecular weight excluding hydrogens is 437 g/mol. The van der Waals surface area contributed by atoms with E-state index in [4.69, 9.17) is 9.72 Å². The van der Waals surface area contributed by atoms with Crippen molar-refractivity contribution < 1.29 is 13.9 Å². The first-order chi connectivity index (χ1) is 16.4. The fourth-order valence-electron chi connectivity index (χ4n) is 4.73. The molecule has 0 aromatic carbocycles. The third-order valence-electron chi connectivity index (χ3n) is 6.65. The first-order valence-corrected chi connectivity index (χ1v) is 11.2. The van der Waals surface area contributed by atoms with E-state index in [2.05, 4.69) is 26.3 Å². The van der Waals surface area contributed by atoms with Gasteiger partial charge in [0.05, 0.1) is 30.2 Å². The van der Waals surface area contributed by atoms with Gasteiger partial charge in [-0.2, -0.15) is 0 Å². The van der Waals surface area contributed by atoms with Crippen LogP contribution >= 0.6 is 0 Å². The number of aromatic nitrogens is 4. The number of pyridine rings is 2. The van der Waals surface area contributed by atoms with Crippen molar-refractivity contribution in [2.24, 2.45) is 0 Å². The minimum atomic E-state index is -0.576. The maximum Gasteiger partial charge on any atom is 0.324 e.